The van der Waals surface area contributed by atoms with Gasteiger partial charge in [0.2, 0.25) is 5.91 Å². The zero-order chi connectivity index (χ0) is 15.6. The lowest BCUT2D eigenvalue weighted by atomic mass is 10.1. The first-order chi connectivity index (χ1) is 8.57. The summed E-state index contributed by atoms with van der Waals surface area (Å²) in [5.41, 5.74) is 5.16. The fourth-order valence-corrected chi connectivity index (χ4v) is 0.902. The van der Waals surface area contributed by atoms with Crippen molar-refractivity contribution in [1.29, 1.82) is 0 Å². The number of carbonyl (C=O) groups excluding carboxylic acids is 1. The molecule has 0 saturated carbocycles. The summed E-state index contributed by atoms with van der Waals surface area (Å²) in [6.07, 6.45) is 0.382. The average molecular weight is 276 g/mol. The van der Waals surface area contributed by atoms with Gasteiger partial charge in [-0.25, -0.2) is 0 Å². The van der Waals surface area contributed by atoms with Gasteiger partial charge in [0.25, 0.3) is 0 Å². The van der Waals surface area contributed by atoms with Gasteiger partial charge >= 0.3 is 11.9 Å². The highest BCUT2D eigenvalue weighted by molar-refractivity contribution is 5.81. The van der Waals surface area contributed by atoms with E-state index in [1.165, 1.54) is 0 Å². The second-order valence-electron chi connectivity index (χ2n) is 4.88. The minimum absolute atomic E-state index is 0.0208. The summed E-state index contributed by atoms with van der Waals surface area (Å²) >= 11 is 0. The van der Waals surface area contributed by atoms with Gasteiger partial charge in [-0.2, -0.15) is 0 Å². The Kier molecular flexibility index (Phi) is 10.7. The summed E-state index contributed by atoms with van der Waals surface area (Å²) in [4.78, 5) is 30.8. The van der Waals surface area contributed by atoms with E-state index in [1.807, 2.05) is 13.8 Å². The Bertz CT molecular complexity index is 302. The van der Waals surface area contributed by atoms with E-state index in [9.17, 15) is 14.4 Å². The number of aliphatic carboxylic acids is 2. The van der Waals surface area contributed by atoms with E-state index in [-0.39, 0.29) is 24.3 Å². The van der Waals surface area contributed by atoms with Gasteiger partial charge in [-0.1, -0.05) is 27.7 Å². The van der Waals surface area contributed by atoms with Crippen molar-refractivity contribution < 1.29 is 24.6 Å². The number of carboxylic acids is 2. The van der Waals surface area contributed by atoms with Crippen LogP contribution < -0.4 is 11.1 Å². The number of carbonyl (C=O) groups is 3. The fraction of sp³-hybridized carbons (Fsp3) is 0.750. The van der Waals surface area contributed by atoms with Crippen molar-refractivity contribution in [2.45, 2.75) is 40.2 Å². The second-order valence-corrected chi connectivity index (χ2v) is 4.88. The standard InChI is InChI=1S/C7H13NO3.C5H11NO2/c1-5(2)3-6(9)8-4-7(10)11;1-3(2)4(6)5(7)8/h5H,3-4H2,1-2H3,(H,8,9)(H,10,11);3-4H,6H2,1-2H3,(H,7,8)/t;4-/m.0/s1. The highest BCUT2D eigenvalue weighted by Crippen LogP contribution is 1.97. The summed E-state index contributed by atoms with van der Waals surface area (Å²) in [7, 11) is 0. The van der Waals surface area contributed by atoms with E-state index in [1.54, 1.807) is 13.8 Å². The van der Waals surface area contributed by atoms with Gasteiger partial charge in [0, 0.05) is 6.42 Å². The predicted octanol–water partition coefficient (Wildman–Crippen LogP) is 0.288. The highest BCUT2D eigenvalue weighted by atomic mass is 16.4. The monoisotopic (exact) mass is 276 g/mol. The van der Waals surface area contributed by atoms with Gasteiger partial charge in [-0.15, -0.1) is 0 Å². The van der Waals surface area contributed by atoms with Crippen LogP contribution >= 0.6 is 0 Å². The number of hydrogen-bond donors (Lipinski definition) is 4. The Morgan fingerprint density at radius 2 is 1.58 bits per heavy atom. The molecule has 5 N–H and O–H groups in total. The van der Waals surface area contributed by atoms with Crippen LogP contribution in [0.15, 0.2) is 0 Å². The van der Waals surface area contributed by atoms with Gasteiger partial charge in [0.1, 0.15) is 12.6 Å². The van der Waals surface area contributed by atoms with Crippen molar-refractivity contribution in [3.8, 4) is 0 Å². The SMILES string of the molecule is CC(C)CC(=O)NCC(=O)O.CC(C)[C@H](N)C(=O)O. The number of carboxylic acid groups (broad SMARTS) is 2. The van der Waals surface area contributed by atoms with Crippen molar-refractivity contribution in [1.82, 2.24) is 5.32 Å². The van der Waals surface area contributed by atoms with Crippen LogP contribution in [0.4, 0.5) is 0 Å². The highest BCUT2D eigenvalue weighted by Gasteiger charge is 2.14. The van der Waals surface area contributed by atoms with Crippen LogP contribution in [0.25, 0.3) is 0 Å². The van der Waals surface area contributed by atoms with E-state index < -0.39 is 18.0 Å². The average Bonchev–Trinajstić information content (AvgIpc) is 2.25. The summed E-state index contributed by atoms with van der Waals surface area (Å²) < 4.78 is 0. The molecule has 0 aromatic rings. The van der Waals surface area contributed by atoms with Gasteiger partial charge in [0.05, 0.1) is 0 Å². The maximum Gasteiger partial charge on any atom is 0.322 e. The van der Waals surface area contributed by atoms with Gasteiger partial charge in [-0.3, -0.25) is 14.4 Å². The third-order valence-corrected chi connectivity index (χ3v) is 2.03. The quantitative estimate of drug-likeness (QED) is 0.551. The topological polar surface area (TPSA) is 130 Å². The van der Waals surface area contributed by atoms with Crippen LogP contribution in [-0.4, -0.2) is 40.6 Å². The minimum atomic E-state index is -1.01. The molecule has 0 aliphatic heterocycles. The van der Waals surface area contributed by atoms with E-state index in [0.717, 1.165) is 0 Å². The van der Waals surface area contributed by atoms with Crippen molar-refractivity contribution in [2.75, 3.05) is 6.54 Å². The molecule has 112 valence electrons. The summed E-state index contributed by atoms with van der Waals surface area (Å²) in [5, 5.41) is 18.7. The summed E-state index contributed by atoms with van der Waals surface area (Å²) in [6.45, 7) is 7.07. The zero-order valence-corrected chi connectivity index (χ0v) is 11.8. The number of nitrogens with one attached hydrogen (secondary N) is 1. The van der Waals surface area contributed by atoms with Crippen LogP contribution in [0.3, 0.4) is 0 Å². The molecule has 0 aliphatic carbocycles. The molecule has 0 spiro atoms. The molecule has 0 aromatic heterocycles. The molecule has 0 heterocycles. The molecule has 1 amide bonds. The van der Waals surface area contributed by atoms with E-state index in [2.05, 4.69) is 5.32 Å². The molecule has 0 unspecified atom stereocenters. The number of rotatable bonds is 6. The molecular formula is C12H24N2O5. The molecule has 0 rings (SSSR count). The third-order valence-electron chi connectivity index (χ3n) is 2.03. The lowest BCUT2D eigenvalue weighted by molar-refractivity contribution is -0.139. The van der Waals surface area contributed by atoms with Crippen molar-refractivity contribution in [3.05, 3.63) is 0 Å². The smallest absolute Gasteiger partial charge is 0.322 e. The molecule has 7 heteroatoms. The van der Waals surface area contributed by atoms with Crippen molar-refractivity contribution >= 4 is 17.8 Å². The van der Waals surface area contributed by atoms with Crippen LogP contribution in [0.2, 0.25) is 0 Å². The fourth-order valence-electron chi connectivity index (χ4n) is 0.902. The van der Waals surface area contributed by atoms with E-state index >= 15 is 0 Å². The number of amides is 1. The van der Waals surface area contributed by atoms with Crippen LogP contribution in [0.5, 0.6) is 0 Å². The number of nitrogens with two attached hydrogens (primary N) is 1. The zero-order valence-electron chi connectivity index (χ0n) is 11.8. The Labute approximate surface area is 113 Å². The summed E-state index contributed by atoms with van der Waals surface area (Å²) in [6, 6.07) is -0.713. The third kappa shape index (κ3) is 14.3. The predicted molar refractivity (Wildman–Crippen MR) is 70.5 cm³/mol. The first-order valence-electron chi connectivity index (χ1n) is 6.04. The van der Waals surface area contributed by atoms with Gasteiger partial charge in [-0.05, 0) is 11.8 Å². The minimum Gasteiger partial charge on any atom is -0.480 e. The first kappa shape index (κ1) is 19.7. The molecule has 19 heavy (non-hydrogen) atoms. The first-order valence-corrected chi connectivity index (χ1v) is 6.04. The van der Waals surface area contributed by atoms with E-state index in [0.29, 0.717) is 6.42 Å². The largest absolute Gasteiger partial charge is 0.480 e. The van der Waals surface area contributed by atoms with Crippen LogP contribution in [0, 0.1) is 11.8 Å². The van der Waals surface area contributed by atoms with Gasteiger partial charge in [0.15, 0.2) is 0 Å². The normalized spacial score (nSPS) is 11.5. The summed E-state index contributed by atoms with van der Waals surface area (Å²) in [5.74, 6) is -1.86. The van der Waals surface area contributed by atoms with E-state index in [4.69, 9.17) is 15.9 Å². The molecule has 0 aliphatic rings. The lowest BCUT2D eigenvalue weighted by Crippen LogP contribution is -2.34. The van der Waals surface area contributed by atoms with Crippen molar-refractivity contribution in [3.63, 3.8) is 0 Å². The molecule has 0 radical (unpaired) electrons. The molecule has 0 bridgehead atoms. The lowest BCUT2D eigenvalue weighted by Gasteiger charge is -2.07. The Morgan fingerprint density at radius 1 is 1.11 bits per heavy atom. The molecule has 0 saturated heterocycles. The number of hydrogen-bond acceptors (Lipinski definition) is 4. The molecule has 0 aromatic carbocycles. The molecule has 1 atom stereocenters. The Morgan fingerprint density at radius 3 is 1.79 bits per heavy atom. The Balaban J connectivity index is 0. The van der Waals surface area contributed by atoms with Gasteiger partial charge < -0.3 is 21.3 Å². The molecule has 0 fully saturated rings. The maximum absolute atomic E-state index is 10.8. The van der Waals surface area contributed by atoms with Crippen LogP contribution in [-0.2, 0) is 14.4 Å². The second kappa shape index (κ2) is 10.3. The molecular weight excluding hydrogens is 252 g/mol. The maximum atomic E-state index is 10.8. The Hall–Kier alpha value is -1.63. The molecule has 7 nitrogen and oxygen atoms in total. The van der Waals surface area contributed by atoms with Crippen molar-refractivity contribution in [2.24, 2.45) is 17.6 Å². The van der Waals surface area contributed by atoms with Crippen LogP contribution in [0.1, 0.15) is 34.1 Å².